The average Bonchev–Trinajstić information content (AvgIpc) is 3.08. The van der Waals surface area contributed by atoms with Crippen LogP contribution < -0.4 is 0 Å². The van der Waals surface area contributed by atoms with Crippen LogP contribution in [0.25, 0.3) is 11.1 Å². The van der Waals surface area contributed by atoms with Crippen molar-refractivity contribution in [1.29, 1.82) is 0 Å². The number of alkyl halides is 1. The van der Waals surface area contributed by atoms with Crippen molar-refractivity contribution in [2.45, 2.75) is 19.0 Å². The number of ketones is 1. The Morgan fingerprint density at radius 2 is 1.75 bits per heavy atom. The van der Waals surface area contributed by atoms with E-state index < -0.39 is 17.9 Å². The average molecular weight is 437 g/mol. The molecule has 0 amide bonds. The van der Waals surface area contributed by atoms with Crippen molar-refractivity contribution in [3.63, 3.8) is 0 Å². The summed E-state index contributed by atoms with van der Waals surface area (Å²) in [6.45, 7) is 0. The van der Waals surface area contributed by atoms with Gasteiger partial charge >= 0.3 is 5.97 Å². The number of Topliss-reactive ketones (excluding diaryl/α,β-unsaturated/α-hetero) is 1. The van der Waals surface area contributed by atoms with Gasteiger partial charge in [0.25, 0.3) is 0 Å². The fourth-order valence-electron chi connectivity index (χ4n) is 2.84. The summed E-state index contributed by atoms with van der Waals surface area (Å²) in [5, 5.41) is 12.2. The number of rotatable bonds is 7. The van der Waals surface area contributed by atoms with Gasteiger partial charge in [-0.25, -0.2) is 9.18 Å². The molecule has 1 atom stereocenters. The Hall–Kier alpha value is -2.21. The zero-order chi connectivity index (χ0) is 20.3. The molecular formula is C21H15Cl2FO3S. The number of aromatic carboxylic acids is 1. The molecule has 1 heterocycles. The number of hydrogen-bond acceptors (Lipinski definition) is 3. The predicted molar refractivity (Wildman–Crippen MR) is 110 cm³/mol. The van der Waals surface area contributed by atoms with Crippen LogP contribution in [-0.2, 0) is 17.6 Å². The molecule has 0 unspecified atom stereocenters. The van der Waals surface area contributed by atoms with Crippen molar-refractivity contribution in [3.05, 3.63) is 80.0 Å². The third-order valence-electron chi connectivity index (χ3n) is 4.28. The second-order valence-corrected chi connectivity index (χ2v) is 7.97. The van der Waals surface area contributed by atoms with Gasteiger partial charge in [0.05, 0.1) is 5.56 Å². The molecular weight excluding hydrogens is 422 g/mol. The molecule has 0 saturated heterocycles. The highest BCUT2D eigenvalue weighted by Crippen LogP contribution is 2.33. The van der Waals surface area contributed by atoms with E-state index in [1.165, 1.54) is 0 Å². The first kappa shape index (κ1) is 20.5. The monoisotopic (exact) mass is 436 g/mol. The van der Waals surface area contributed by atoms with E-state index in [1.54, 1.807) is 53.9 Å². The van der Waals surface area contributed by atoms with Crippen LogP contribution in [0.3, 0.4) is 0 Å². The minimum absolute atomic E-state index is 0.0191. The van der Waals surface area contributed by atoms with Crippen LogP contribution in [0.5, 0.6) is 0 Å². The lowest BCUT2D eigenvalue weighted by Crippen LogP contribution is -2.21. The molecule has 0 spiro atoms. The zero-order valence-corrected chi connectivity index (χ0v) is 16.8. The molecule has 28 heavy (non-hydrogen) atoms. The number of halogens is 3. The van der Waals surface area contributed by atoms with E-state index >= 15 is 0 Å². The molecule has 3 rings (SSSR count). The normalized spacial score (nSPS) is 12.0. The number of thiophene rings is 1. The number of carboxylic acids is 1. The van der Waals surface area contributed by atoms with Crippen LogP contribution >= 0.6 is 34.5 Å². The van der Waals surface area contributed by atoms with Crippen molar-refractivity contribution in [2.24, 2.45) is 0 Å². The van der Waals surface area contributed by atoms with Gasteiger partial charge in [0, 0.05) is 33.3 Å². The van der Waals surface area contributed by atoms with E-state index in [1.807, 2.05) is 0 Å². The predicted octanol–water partition coefficient (Wildman–Crippen LogP) is 6.11. The Bertz CT molecular complexity index is 1010. The molecule has 0 aliphatic carbocycles. The van der Waals surface area contributed by atoms with Gasteiger partial charge in [-0.15, -0.1) is 11.3 Å². The van der Waals surface area contributed by atoms with Gasteiger partial charge in [-0.05, 0) is 34.7 Å². The van der Waals surface area contributed by atoms with Gasteiger partial charge in [0.1, 0.15) is 0 Å². The van der Waals surface area contributed by atoms with Crippen LogP contribution in [0.1, 0.15) is 20.8 Å². The molecule has 3 nitrogen and oxygen atoms in total. The van der Waals surface area contributed by atoms with Gasteiger partial charge in [-0.1, -0.05) is 53.5 Å². The fourth-order valence-corrected chi connectivity index (χ4v) is 4.24. The number of carbonyl (C=O) groups excluding carboxylic acids is 1. The molecule has 0 saturated carbocycles. The maximum absolute atomic E-state index is 14.5. The number of carbonyl (C=O) groups is 2. The second-order valence-electron chi connectivity index (χ2n) is 6.17. The summed E-state index contributed by atoms with van der Waals surface area (Å²) in [6.07, 6.45) is -2.19. The molecule has 0 aliphatic heterocycles. The molecule has 2 aromatic carbocycles. The Morgan fingerprint density at radius 3 is 2.39 bits per heavy atom. The van der Waals surface area contributed by atoms with E-state index in [4.69, 9.17) is 23.2 Å². The highest BCUT2D eigenvalue weighted by molar-refractivity contribution is 7.11. The summed E-state index contributed by atoms with van der Waals surface area (Å²) in [5.41, 5.74) is 1.71. The van der Waals surface area contributed by atoms with Crippen molar-refractivity contribution in [2.75, 3.05) is 0 Å². The molecule has 0 radical (unpaired) electrons. The Labute approximate surface area is 175 Å². The smallest absolute Gasteiger partial charge is 0.337 e. The highest BCUT2D eigenvalue weighted by atomic mass is 35.5. The first-order valence-corrected chi connectivity index (χ1v) is 10.00. The molecule has 7 heteroatoms. The molecule has 0 bridgehead atoms. The summed E-state index contributed by atoms with van der Waals surface area (Å²) in [5.74, 6) is -1.83. The number of hydrogen-bond donors (Lipinski definition) is 1. The minimum atomic E-state index is -1.76. The Morgan fingerprint density at radius 1 is 1.07 bits per heavy atom. The first-order valence-electron chi connectivity index (χ1n) is 8.36. The summed E-state index contributed by atoms with van der Waals surface area (Å²) in [4.78, 5) is 24.5. The largest absolute Gasteiger partial charge is 0.478 e. The number of benzene rings is 2. The molecule has 0 fully saturated rings. The fraction of sp³-hybridized carbons (Fsp3) is 0.143. The summed E-state index contributed by atoms with van der Waals surface area (Å²) in [7, 11) is 0. The van der Waals surface area contributed by atoms with Crippen LogP contribution in [0.4, 0.5) is 4.39 Å². The van der Waals surface area contributed by atoms with Gasteiger partial charge < -0.3 is 5.11 Å². The lowest BCUT2D eigenvalue weighted by Gasteiger charge is -2.09. The minimum Gasteiger partial charge on any atom is -0.478 e. The van der Waals surface area contributed by atoms with Crippen LogP contribution in [-0.4, -0.2) is 23.0 Å². The quantitative estimate of drug-likeness (QED) is 0.485. The van der Waals surface area contributed by atoms with E-state index in [-0.39, 0.29) is 18.4 Å². The summed E-state index contributed by atoms with van der Waals surface area (Å²) in [6, 6.07) is 13.5. The Kier molecular flexibility index (Phi) is 6.50. The summed E-state index contributed by atoms with van der Waals surface area (Å²) < 4.78 is 14.5. The van der Waals surface area contributed by atoms with Crippen molar-refractivity contribution < 1.29 is 19.1 Å². The van der Waals surface area contributed by atoms with Gasteiger partial charge in [-0.3, -0.25) is 4.79 Å². The lowest BCUT2D eigenvalue weighted by atomic mass is 9.99. The maximum Gasteiger partial charge on any atom is 0.337 e. The van der Waals surface area contributed by atoms with E-state index in [0.29, 0.717) is 31.6 Å². The van der Waals surface area contributed by atoms with Crippen molar-refractivity contribution in [3.8, 4) is 11.1 Å². The highest BCUT2D eigenvalue weighted by Gasteiger charge is 2.25. The van der Waals surface area contributed by atoms with Crippen LogP contribution in [0, 0.1) is 0 Å². The second kappa shape index (κ2) is 8.86. The van der Waals surface area contributed by atoms with Crippen molar-refractivity contribution in [1.82, 2.24) is 0 Å². The van der Waals surface area contributed by atoms with Gasteiger partial charge in [0.15, 0.2) is 12.0 Å². The van der Waals surface area contributed by atoms with E-state index in [9.17, 15) is 19.1 Å². The van der Waals surface area contributed by atoms with Crippen LogP contribution in [0.2, 0.25) is 10.0 Å². The SMILES string of the molecule is O=C(O)c1c(-c2ccc(Cl)cc2)csc1CC(=O)[C@H](F)Cc1ccccc1Cl. The number of carboxylic acid groups (broad SMARTS) is 1. The third-order valence-corrected chi connectivity index (χ3v) is 5.88. The van der Waals surface area contributed by atoms with E-state index in [2.05, 4.69) is 0 Å². The molecule has 1 N–H and O–H groups in total. The molecule has 144 valence electrons. The van der Waals surface area contributed by atoms with E-state index in [0.717, 1.165) is 11.3 Å². The first-order chi connectivity index (χ1) is 13.4. The lowest BCUT2D eigenvalue weighted by molar-refractivity contribution is -0.123. The van der Waals surface area contributed by atoms with Crippen LogP contribution in [0.15, 0.2) is 53.9 Å². The Balaban J connectivity index is 1.82. The topological polar surface area (TPSA) is 54.4 Å². The maximum atomic E-state index is 14.5. The van der Waals surface area contributed by atoms with Crippen molar-refractivity contribution >= 4 is 46.3 Å². The van der Waals surface area contributed by atoms with Gasteiger partial charge in [-0.2, -0.15) is 0 Å². The third kappa shape index (κ3) is 4.61. The van der Waals surface area contributed by atoms with Gasteiger partial charge in [0.2, 0.25) is 0 Å². The molecule has 1 aromatic heterocycles. The standard InChI is InChI=1S/C21H15Cl2FO3S/c22-14-7-5-12(6-8-14)15-11-28-19(20(15)21(26)27)10-18(25)17(24)9-13-3-1-2-4-16(13)23/h1-8,11,17H,9-10H2,(H,26,27)/t17-/m1/s1. The zero-order valence-electron chi connectivity index (χ0n) is 14.5. The molecule has 0 aliphatic rings. The summed E-state index contributed by atoms with van der Waals surface area (Å²) >= 11 is 13.0. The molecule has 3 aromatic rings.